The van der Waals surface area contributed by atoms with Crippen molar-refractivity contribution in [2.45, 2.75) is 13.5 Å². The van der Waals surface area contributed by atoms with E-state index in [1.54, 1.807) is 19.1 Å². The molecule has 2 aliphatic heterocycles. The number of benzene rings is 2. The average molecular weight is 503 g/mol. The molecule has 1 fully saturated rings. The van der Waals surface area contributed by atoms with E-state index in [0.717, 1.165) is 5.56 Å². The molecule has 0 amide bonds. The zero-order valence-electron chi connectivity index (χ0n) is 20.3. The first-order chi connectivity index (χ1) is 17.9. The van der Waals surface area contributed by atoms with Gasteiger partial charge in [0.15, 0.2) is 5.78 Å². The molecule has 0 saturated carbocycles. The maximum atomic E-state index is 13.8. The summed E-state index contributed by atoms with van der Waals surface area (Å²) < 4.78 is 24.8. The molecule has 37 heavy (non-hydrogen) atoms. The fraction of sp³-hybridized carbons (Fsp3) is 0.241. The van der Waals surface area contributed by atoms with Gasteiger partial charge in [0.05, 0.1) is 19.1 Å². The highest BCUT2D eigenvalue weighted by Gasteiger charge is 2.58. The first-order valence-corrected chi connectivity index (χ1v) is 12.2. The minimum Gasteiger partial charge on any atom is -0.629 e. The van der Waals surface area contributed by atoms with Crippen LogP contribution in [0.15, 0.2) is 102 Å². The molecular formula is C29H27FN2O5. The third-order valence-electron chi connectivity index (χ3n) is 6.92. The number of halogens is 1. The van der Waals surface area contributed by atoms with Gasteiger partial charge < -0.3 is 25.1 Å². The molecule has 3 aliphatic rings. The monoisotopic (exact) mass is 502 g/mol. The summed E-state index contributed by atoms with van der Waals surface area (Å²) in [7, 11) is 0. The van der Waals surface area contributed by atoms with Crippen LogP contribution in [0.3, 0.4) is 0 Å². The lowest BCUT2D eigenvalue weighted by Crippen LogP contribution is -3.04. The third kappa shape index (κ3) is 4.61. The Labute approximate surface area is 214 Å². The summed E-state index contributed by atoms with van der Waals surface area (Å²) in [6.07, 6.45) is 7.01. The first-order valence-electron chi connectivity index (χ1n) is 12.2. The van der Waals surface area contributed by atoms with E-state index in [2.05, 4.69) is 5.32 Å². The van der Waals surface area contributed by atoms with E-state index in [9.17, 15) is 19.2 Å². The topological polar surface area (TPSA) is 92.1 Å². The first kappa shape index (κ1) is 24.7. The molecule has 0 aromatic heterocycles. The van der Waals surface area contributed by atoms with Gasteiger partial charge in [-0.15, -0.1) is 0 Å². The number of hydrogen-bond acceptors (Lipinski definition) is 6. The van der Waals surface area contributed by atoms with Crippen molar-refractivity contribution in [3.8, 4) is 0 Å². The normalized spacial score (nSPS) is 24.2. The highest BCUT2D eigenvalue weighted by atomic mass is 19.1. The molecule has 3 unspecified atom stereocenters. The summed E-state index contributed by atoms with van der Waals surface area (Å²) in [5.41, 5.74) is 1.34. The molecule has 0 radical (unpaired) electrons. The van der Waals surface area contributed by atoms with Crippen LogP contribution >= 0.6 is 0 Å². The number of ketones is 1. The lowest BCUT2D eigenvalue weighted by atomic mass is 9.65. The molecule has 2 aromatic rings. The molecule has 2 heterocycles. The lowest BCUT2D eigenvalue weighted by Gasteiger charge is -2.34. The second-order valence-corrected chi connectivity index (χ2v) is 9.12. The number of hydroxylamine groups is 2. The number of hydrogen-bond donors (Lipinski definition) is 2. The number of quaternary nitrogens is 1. The quantitative estimate of drug-likeness (QED) is 0.344. The molecule has 1 aliphatic carbocycles. The highest BCUT2D eigenvalue weighted by molar-refractivity contribution is 6.00. The predicted molar refractivity (Wildman–Crippen MR) is 134 cm³/mol. The molecular weight excluding hydrogens is 475 g/mol. The Hall–Kier alpha value is -4.01. The van der Waals surface area contributed by atoms with Gasteiger partial charge in [-0.2, -0.15) is 0 Å². The Morgan fingerprint density at radius 3 is 2.62 bits per heavy atom. The van der Waals surface area contributed by atoms with Gasteiger partial charge in [0.2, 0.25) is 0 Å². The molecule has 1 saturated heterocycles. The van der Waals surface area contributed by atoms with Crippen LogP contribution in [-0.2, 0) is 20.9 Å². The Kier molecular flexibility index (Phi) is 6.78. The maximum Gasteiger partial charge on any atom is 0.354 e. The van der Waals surface area contributed by atoms with Gasteiger partial charge >= 0.3 is 5.97 Å². The highest BCUT2D eigenvalue weighted by Crippen LogP contribution is 2.50. The SMILES string of the molecule is CCOC(=O)C1=CC23C(=CCN1)C=C(OCc1ccccc1)C=C2[NH+]([O-])CC3C(=O)c1ccc(F)cc1. The molecule has 2 N–H and O–H groups in total. The summed E-state index contributed by atoms with van der Waals surface area (Å²) in [4.78, 5) is 26.5. The van der Waals surface area contributed by atoms with Crippen LogP contribution in [0.2, 0.25) is 0 Å². The van der Waals surface area contributed by atoms with E-state index in [1.165, 1.54) is 24.3 Å². The molecule has 0 bridgehead atoms. The van der Waals surface area contributed by atoms with E-state index in [0.29, 0.717) is 35.7 Å². The zero-order valence-corrected chi connectivity index (χ0v) is 20.3. The van der Waals surface area contributed by atoms with Crippen molar-refractivity contribution in [3.05, 3.63) is 124 Å². The van der Waals surface area contributed by atoms with E-state index in [-0.39, 0.29) is 29.7 Å². The number of ether oxygens (including phenoxy) is 2. The fourth-order valence-corrected chi connectivity index (χ4v) is 5.21. The number of allylic oxidation sites excluding steroid dienone is 3. The van der Waals surface area contributed by atoms with Crippen LogP contribution in [0.1, 0.15) is 22.8 Å². The summed E-state index contributed by atoms with van der Waals surface area (Å²) >= 11 is 0. The minimum atomic E-state index is -1.19. The van der Waals surface area contributed by atoms with Crippen molar-refractivity contribution in [3.63, 3.8) is 0 Å². The van der Waals surface area contributed by atoms with Crippen molar-refractivity contribution >= 4 is 11.8 Å². The summed E-state index contributed by atoms with van der Waals surface area (Å²) in [5, 5.41) is 16.3. The van der Waals surface area contributed by atoms with Gasteiger partial charge in [-0.3, -0.25) is 4.79 Å². The van der Waals surface area contributed by atoms with Crippen LogP contribution in [0.25, 0.3) is 0 Å². The van der Waals surface area contributed by atoms with Gasteiger partial charge in [0, 0.05) is 18.2 Å². The number of rotatable bonds is 7. The van der Waals surface area contributed by atoms with Crippen LogP contribution in [0.4, 0.5) is 4.39 Å². The lowest BCUT2D eigenvalue weighted by molar-refractivity contribution is -0.798. The van der Waals surface area contributed by atoms with E-state index in [4.69, 9.17) is 9.47 Å². The number of carbonyl (C=O) groups excluding carboxylic acids is 2. The van der Waals surface area contributed by atoms with Gasteiger partial charge in [0.1, 0.15) is 35.0 Å². The smallest absolute Gasteiger partial charge is 0.354 e. The van der Waals surface area contributed by atoms with Crippen LogP contribution in [0.5, 0.6) is 0 Å². The average Bonchev–Trinajstić information content (AvgIpc) is 3.06. The van der Waals surface area contributed by atoms with E-state index in [1.807, 2.05) is 42.5 Å². The molecule has 1 spiro atoms. The molecule has 8 heteroatoms. The van der Waals surface area contributed by atoms with E-state index < -0.39 is 23.1 Å². The van der Waals surface area contributed by atoms with Crippen LogP contribution in [-0.4, -0.2) is 31.4 Å². The Bertz CT molecular complexity index is 1330. The van der Waals surface area contributed by atoms with Crippen molar-refractivity contribution in [1.29, 1.82) is 0 Å². The maximum absolute atomic E-state index is 13.8. The summed E-state index contributed by atoms with van der Waals surface area (Å²) in [6, 6.07) is 14.9. The van der Waals surface area contributed by atoms with Gasteiger partial charge in [0.25, 0.3) is 0 Å². The van der Waals surface area contributed by atoms with Crippen molar-refractivity contribution in [2.75, 3.05) is 19.7 Å². The number of Topliss-reactive ketones (excluding diaryl/α,β-unsaturated/α-hetero) is 1. The number of nitrogens with one attached hydrogen (secondary N) is 2. The summed E-state index contributed by atoms with van der Waals surface area (Å²) in [6.45, 7) is 2.45. The van der Waals surface area contributed by atoms with Gasteiger partial charge in [-0.05, 0) is 54.5 Å². The minimum absolute atomic E-state index is 0.0498. The molecule has 2 aromatic carbocycles. The zero-order chi connectivity index (χ0) is 26.0. The fourth-order valence-electron chi connectivity index (χ4n) is 5.21. The molecule has 190 valence electrons. The number of carbonyl (C=O) groups is 2. The van der Waals surface area contributed by atoms with Crippen molar-refractivity contribution in [1.82, 2.24) is 5.32 Å². The molecule has 3 atom stereocenters. The van der Waals surface area contributed by atoms with Crippen LogP contribution in [0, 0.1) is 22.4 Å². The Morgan fingerprint density at radius 1 is 1.14 bits per heavy atom. The summed E-state index contributed by atoms with van der Waals surface area (Å²) in [5.74, 6) is -1.64. The number of esters is 1. The van der Waals surface area contributed by atoms with Crippen molar-refractivity contribution < 1.29 is 28.5 Å². The largest absolute Gasteiger partial charge is 0.629 e. The molecule has 5 rings (SSSR count). The van der Waals surface area contributed by atoms with E-state index >= 15 is 0 Å². The van der Waals surface area contributed by atoms with Crippen LogP contribution < -0.4 is 10.4 Å². The predicted octanol–water partition coefficient (Wildman–Crippen LogP) is 2.98. The second kappa shape index (κ2) is 10.2. The Balaban J connectivity index is 1.58. The standard InChI is InChI=1S/C29H27FN2O5/c1-2-36-28(34)25-16-29-21(12-13-31-25)14-23(37-18-19-6-4-3-5-7-19)15-26(29)32(35)17-24(29)27(33)20-8-10-22(30)11-9-20/h3-12,14-16,24,31-32H,2,13,17-18H2,1H3. The molecule has 7 nitrogen and oxygen atoms in total. The van der Waals surface area contributed by atoms with Crippen molar-refractivity contribution in [2.24, 2.45) is 11.3 Å². The Morgan fingerprint density at radius 2 is 1.89 bits per heavy atom. The van der Waals surface area contributed by atoms with Gasteiger partial charge in [-0.25, -0.2) is 9.18 Å². The van der Waals surface area contributed by atoms with Gasteiger partial charge in [-0.1, -0.05) is 36.4 Å². The second-order valence-electron chi connectivity index (χ2n) is 9.12. The third-order valence-corrected chi connectivity index (χ3v) is 6.92.